The van der Waals surface area contributed by atoms with Gasteiger partial charge in [-0.1, -0.05) is 35.4 Å². The van der Waals surface area contributed by atoms with Crippen molar-refractivity contribution in [2.75, 3.05) is 23.9 Å². The first kappa shape index (κ1) is 31.9. The molecule has 0 aliphatic carbocycles. The number of guanidine groups is 2. The summed E-state index contributed by atoms with van der Waals surface area (Å²) in [6.07, 6.45) is 0. The number of nitrogens with two attached hydrogens (primary N) is 3. The van der Waals surface area contributed by atoms with Gasteiger partial charge in [0.2, 0.25) is 11.9 Å². The first-order chi connectivity index (χ1) is 17.3. The molecule has 0 atom stereocenters. The largest absolute Gasteiger partial charge is 0.369 e. The molecule has 10 nitrogen and oxygen atoms in total. The quantitative estimate of drug-likeness (QED) is 0.339. The molecule has 2 aromatic rings. The third kappa shape index (κ3) is 9.42. The van der Waals surface area contributed by atoms with Gasteiger partial charge in [-0.2, -0.15) is 9.98 Å². The van der Waals surface area contributed by atoms with Crippen LogP contribution >= 0.6 is 0 Å². The van der Waals surface area contributed by atoms with Crippen molar-refractivity contribution in [1.82, 2.24) is 5.32 Å². The average Bonchev–Trinajstić information content (AvgIpc) is 2.70. The normalized spacial score (nSPS) is 11.9. The van der Waals surface area contributed by atoms with E-state index in [2.05, 4.69) is 46.5 Å². The van der Waals surface area contributed by atoms with Crippen LogP contribution < -0.4 is 32.3 Å². The van der Waals surface area contributed by atoms with Crippen LogP contribution in [0.5, 0.6) is 0 Å². The van der Waals surface area contributed by atoms with E-state index in [1.807, 2.05) is 62.4 Å². The second-order valence-electron chi connectivity index (χ2n) is 10.6. The molecule has 0 radical (unpaired) electrons. The van der Waals surface area contributed by atoms with E-state index in [4.69, 9.17) is 17.2 Å². The van der Waals surface area contributed by atoms with Gasteiger partial charge in [-0.05, 0) is 84.6 Å². The van der Waals surface area contributed by atoms with Crippen molar-refractivity contribution >= 4 is 35.4 Å². The second-order valence-corrected chi connectivity index (χ2v) is 10.6. The van der Waals surface area contributed by atoms with Crippen molar-refractivity contribution in [3.8, 4) is 0 Å². The lowest BCUT2D eigenvalue weighted by atomic mass is 10.0. The predicted molar refractivity (Wildman–Crippen MR) is 159 cm³/mol. The molecule has 0 saturated carbocycles. The van der Waals surface area contributed by atoms with Crippen molar-refractivity contribution in [3.63, 3.8) is 0 Å². The Morgan fingerprint density at radius 2 is 1.00 bits per heavy atom. The Balaban J connectivity index is 0.000000389. The van der Waals surface area contributed by atoms with Crippen LogP contribution in [0.1, 0.15) is 54.2 Å². The molecular formula is C28H44N8O2. The number of benzene rings is 2. The highest BCUT2D eigenvalue weighted by molar-refractivity contribution is 6.02. The van der Waals surface area contributed by atoms with Crippen LogP contribution in [0.3, 0.4) is 0 Å². The Labute approximate surface area is 227 Å². The molecule has 2 rings (SSSR count). The summed E-state index contributed by atoms with van der Waals surface area (Å²) in [7, 11) is 3.57. The molecule has 208 valence electrons. The molecule has 7 N–H and O–H groups in total. The summed E-state index contributed by atoms with van der Waals surface area (Å²) in [6.45, 7) is 17.8. The van der Waals surface area contributed by atoms with Gasteiger partial charge in [0.1, 0.15) is 0 Å². The van der Waals surface area contributed by atoms with E-state index in [0.717, 1.165) is 33.6 Å². The summed E-state index contributed by atoms with van der Waals surface area (Å²) >= 11 is 0. The number of nitrogens with one attached hydrogen (secondary N) is 1. The summed E-state index contributed by atoms with van der Waals surface area (Å²) in [5, 5.41) is 2.76. The number of carbonyl (C=O) groups is 2. The molecule has 0 aromatic heterocycles. The van der Waals surface area contributed by atoms with Crippen LogP contribution in [-0.2, 0) is 0 Å². The molecule has 2 aromatic carbocycles. The maximum atomic E-state index is 11.8. The van der Waals surface area contributed by atoms with E-state index in [9.17, 15) is 9.59 Å². The number of hydrogen-bond donors (Lipinski definition) is 4. The van der Waals surface area contributed by atoms with Crippen LogP contribution in [0.25, 0.3) is 0 Å². The zero-order chi connectivity index (χ0) is 29.5. The Morgan fingerprint density at radius 3 is 1.29 bits per heavy atom. The number of hydrogen-bond acceptors (Lipinski definition) is 2. The van der Waals surface area contributed by atoms with Crippen molar-refractivity contribution in [2.24, 2.45) is 27.2 Å². The number of urea groups is 2. The first-order valence-electron chi connectivity index (χ1n) is 12.3. The molecule has 38 heavy (non-hydrogen) atoms. The van der Waals surface area contributed by atoms with E-state index < -0.39 is 12.1 Å². The predicted octanol–water partition coefficient (Wildman–Crippen LogP) is 4.31. The topological polar surface area (TPSA) is 155 Å². The number of primary amides is 1. The third-order valence-corrected chi connectivity index (χ3v) is 5.55. The number of rotatable bonds is 2. The van der Waals surface area contributed by atoms with Crippen LogP contribution in [-0.4, -0.2) is 43.6 Å². The van der Waals surface area contributed by atoms with E-state index in [0.29, 0.717) is 0 Å². The first-order valence-corrected chi connectivity index (χ1v) is 12.3. The Morgan fingerprint density at radius 1 is 0.684 bits per heavy atom. The maximum Gasteiger partial charge on any atom is 0.344 e. The second kappa shape index (κ2) is 12.9. The highest BCUT2D eigenvalue weighted by atomic mass is 16.2. The number of anilines is 2. The maximum absolute atomic E-state index is 11.8. The summed E-state index contributed by atoms with van der Waals surface area (Å²) in [5.74, 6) is 0.263. The summed E-state index contributed by atoms with van der Waals surface area (Å²) in [4.78, 5) is 33.4. The Bertz CT molecular complexity index is 1200. The minimum absolute atomic E-state index is 0.0903. The standard InChI is InChI=1S/C16H26N4O.C12H18N4O/c1-10-8-11(2)13(12(3)9-10)20(7)14(17)18-15(21)19-16(4,5)6;1-7-5-8(2)10(9(3)6-7)16(4)11(13)15-12(14)17/h8-9H,1-7H3,(H3,17,18,19,21);5-6H,1-4H3,(H4,13,14,15,17). The molecule has 10 heteroatoms. The summed E-state index contributed by atoms with van der Waals surface area (Å²) in [5.41, 5.74) is 25.0. The van der Waals surface area contributed by atoms with Gasteiger partial charge in [0.05, 0.1) is 0 Å². The smallest absolute Gasteiger partial charge is 0.344 e. The monoisotopic (exact) mass is 524 g/mol. The molecule has 0 aliphatic heterocycles. The van der Waals surface area contributed by atoms with Gasteiger partial charge in [-0.25, -0.2) is 9.59 Å². The zero-order valence-corrected chi connectivity index (χ0v) is 24.6. The van der Waals surface area contributed by atoms with Crippen molar-refractivity contribution in [3.05, 3.63) is 57.6 Å². The molecule has 0 aliphatic rings. The number of aliphatic imine (C=N–C) groups is 2. The van der Waals surface area contributed by atoms with E-state index in [-0.39, 0.29) is 17.5 Å². The van der Waals surface area contributed by atoms with Crippen molar-refractivity contribution in [1.29, 1.82) is 0 Å². The highest BCUT2D eigenvalue weighted by Gasteiger charge is 2.16. The number of aryl methyl sites for hydroxylation is 6. The minimum Gasteiger partial charge on any atom is -0.369 e. The lowest BCUT2D eigenvalue weighted by molar-refractivity contribution is 0.240. The fourth-order valence-electron chi connectivity index (χ4n) is 4.35. The van der Waals surface area contributed by atoms with Crippen LogP contribution in [0, 0.1) is 41.5 Å². The average molecular weight is 525 g/mol. The van der Waals surface area contributed by atoms with E-state index >= 15 is 0 Å². The fraction of sp³-hybridized carbons (Fsp3) is 0.429. The van der Waals surface area contributed by atoms with Crippen molar-refractivity contribution < 1.29 is 9.59 Å². The van der Waals surface area contributed by atoms with Gasteiger partial charge in [0.15, 0.2) is 0 Å². The molecule has 0 spiro atoms. The fourth-order valence-corrected chi connectivity index (χ4v) is 4.35. The SMILES string of the molecule is Cc1cc(C)c(N(C)/C(N)=N\C(=O)NC(C)(C)C)c(C)c1.Cc1cc(C)c(N(C)/C(N)=N\C(N)=O)c(C)c1. The van der Waals surface area contributed by atoms with Crippen LogP contribution in [0.15, 0.2) is 34.3 Å². The number of nitrogens with zero attached hydrogens (tertiary/aromatic N) is 4. The van der Waals surface area contributed by atoms with Gasteiger partial charge in [0.25, 0.3) is 0 Å². The summed E-state index contributed by atoms with van der Waals surface area (Å²) in [6, 6.07) is 7.04. The zero-order valence-electron chi connectivity index (χ0n) is 24.6. The molecule has 4 amide bonds. The van der Waals surface area contributed by atoms with Gasteiger partial charge in [0, 0.05) is 31.0 Å². The van der Waals surface area contributed by atoms with E-state index in [1.165, 1.54) is 11.1 Å². The molecule has 0 heterocycles. The molecule has 0 bridgehead atoms. The van der Waals surface area contributed by atoms with Gasteiger partial charge in [-0.3, -0.25) is 0 Å². The highest BCUT2D eigenvalue weighted by Crippen LogP contribution is 2.26. The Kier molecular flexibility index (Phi) is 10.9. The van der Waals surface area contributed by atoms with Crippen LogP contribution in [0.4, 0.5) is 21.0 Å². The van der Waals surface area contributed by atoms with Crippen molar-refractivity contribution in [2.45, 2.75) is 67.9 Å². The third-order valence-electron chi connectivity index (χ3n) is 5.55. The van der Waals surface area contributed by atoms with Gasteiger partial charge in [-0.15, -0.1) is 0 Å². The molecule has 0 unspecified atom stereocenters. The van der Waals surface area contributed by atoms with Crippen LogP contribution in [0.2, 0.25) is 0 Å². The van der Waals surface area contributed by atoms with E-state index in [1.54, 1.807) is 16.8 Å². The summed E-state index contributed by atoms with van der Waals surface area (Å²) < 4.78 is 0. The number of carbonyl (C=O) groups excluding carboxylic acids is 2. The van der Waals surface area contributed by atoms with Gasteiger partial charge >= 0.3 is 12.1 Å². The minimum atomic E-state index is -0.795. The lowest BCUT2D eigenvalue weighted by Gasteiger charge is -2.24. The molecular weight excluding hydrogens is 480 g/mol. The number of amides is 4. The Hall–Kier alpha value is -4.08. The molecule has 0 saturated heterocycles. The lowest BCUT2D eigenvalue weighted by Crippen LogP contribution is -2.42. The molecule has 0 fully saturated rings. The van der Waals surface area contributed by atoms with Gasteiger partial charge < -0.3 is 32.3 Å².